The highest BCUT2D eigenvalue weighted by molar-refractivity contribution is 8.26. The monoisotopic (exact) mass is 436 g/mol. The first-order chi connectivity index (χ1) is 13.8. The van der Waals surface area contributed by atoms with Gasteiger partial charge in [0.2, 0.25) is 5.91 Å². The minimum atomic E-state index is -0.992. The van der Waals surface area contributed by atoms with Gasteiger partial charge in [0.1, 0.15) is 16.2 Å². The number of halogens is 1. The van der Waals surface area contributed by atoms with Crippen molar-refractivity contribution in [3.05, 3.63) is 40.6 Å². The lowest BCUT2D eigenvalue weighted by atomic mass is 10.2. The lowest BCUT2D eigenvalue weighted by Crippen LogP contribution is -2.44. The van der Waals surface area contributed by atoms with E-state index in [2.05, 4.69) is 0 Å². The van der Waals surface area contributed by atoms with Crippen molar-refractivity contribution in [1.82, 2.24) is 9.80 Å². The average Bonchev–Trinajstić information content (AvgIpc) is 3.09. The smallest absolute Gasteiger partial charge is 0.303 e. The van der Waals surface area contributed by atoms with Gasteiger partial charge in [0.15, 0.2) is 0 Å². The molecule has 2 saturated heterocycles. The van der Waals surface area contributed by atoms with Crippen molar-refractivity contribution in [1.29, 1.82) is 0 Å². The van der Waals surface area contributed by atoms with E-state index in [1.165, 1.54) is 24.3 Å². The molecule has 29 heavy (non-hydrogen) atoms. The number of aliphatic carboxylic acids is 1. The maximum Gasteiger partial charge on any atom is 0.303 e. The molecule has 1 atom stereocenters. The summed E-state index contributed by atoms with van der Waals surface area (Å²) in [6.07, 6.45) is 2.08. The summed E-state index contributed by atoms with van der Waals surface area (Å²) < 4.78 is 13.2. The summed E-state index contributed by atoms with van der Waals surface area (Å²) in [5.74, 6) is -2.72. The fourth-order valence-electron chi connectivity index (χ4n) is 3.11. The molecule has 0 radical (unpaired) electrons. The number of likely N-dealkylation sites (tertiary alicyclic amines) is 1. The molecule has 2 heterocycles. The van der Waals surface area contributed by atoms with E-state index in [0.717, 1.165) is 21.6 Å². The number of hydrogen-bond acceptors (Lipinski definition) is 6. The number of thiocarbonyl (C=S) groups is 1. The van der Waals surface area contributed by atoms with Crippen LogP contribution in [0.3, 0.4) is 0 Å². The number of carbonyl (C=O) groups is 4. The van der Waals surface area contributed by atoms with Crippen LogP contribution in [0.1, 0.15) is 31.2 Å². The number of thioether (sulfide) groups is 1. The second kappa shape index (κ2) is 8.83. The molecule has 1 N–H and O–H groups in total. The number of hydrogen-bond donors (Lipinski definition) is 1. The molecule has 1 aromatic rings. The topological polar surface area (TPSA) is 95.0 Å². The summed E-state index contributed by atoms with van der Waals surface area (Å²) >= 11 is 6.28. The number of carbonyl (C=O) groups excluding carboxylic acids is 3. The van der Waals surface area contributed by atoms with E-state index in [4.69, 9.17) is 17.3 Å². The van der Waals surface area contributed by atoms with Crippen molar-refractivity contribution in [3.63, 3.8) is 0 Å². The fourth-order valence-corrected chi connectivity index (χ4v) is 4.46. The lowest BCUT2D eigenvalue weighted by Gasteiger charge is -2.21. The summed E-state index contributed by atoms with van der Waals surface area (Å²) in [5, 5.41) is 8.67. The van der Waals surface area contributed by atoms with E-state index in [0.29, 0.717) is 23.3 Å². The van der Waals surface area contributed by atoms with Gasteiger partial charge in [-0.15, -0.1) is 0 Å². The van der Waals surface area contributed by atoms with Gasteiger partial charge in [0, 0.05) is 13.0 Å². The molecule has 0 saturated carbocycles. The minimum Gasteiger partial charge on any atom is -0.481 e. The van der Waals surface area contributed by atoms with Gasteiger partial charge < -0.3 is 5.11 Å². The first-order valence-corrected chi connectivity index (χ1v) is 10.1. The summed E-state index contributed by atoms with van der Waals surface area (Å²) in [7, 11) is 0. The Morgan fingerprint density at radius 1 is 1.24 bits per heavy atom. The Labute approximate surface area is 175 Å². The highest BCUT2D eigenvalue weighted by Gasteiger charge is 2.48. The highest BCUT2D eigenvalue weighted by atomic mass is 32.2. The van der Waals surface area contributed by atoms with Crippen molar-refractivity contribution in [3.8, 4) is 0 Å². The van der Waals surface area contributed by atoms with Crippen LogP contribution >= 0.6 is 24.0 Å². The fraction of sp³-hybridized carbons (Fsp3) is 0.316. The molecule has 0 aliphatic carbocycles. The van der Waals surface area contributed by atoms with Gasteiger partial charge in [-0.25, -0.2) is 4.39 Å². The van der Waals surface area contributed by atoms with Crippen molar-refractivity contribution in [2.24, 2.45) is 0 Å². The number of amides is 3. The van der Waals surface area contributed by atoms with Crippen molar-refractivity contribution in [2.75, 3.05) is 6.54 Å². The molecular weight excluding hydrogens is 419 g/mol. The third kappa shape index (κ3) is 4.70. The second-order valence-corrected chi connectivity index (χ2v) is 8.23. The molecule has 2 fully saturated rings. The van der Waals surface area contributed by atoms with Crippen LogP contribution < -0.4 is 0 Å². The largest absolute Gasteiger partial charge is 0.481 e. The Kier molecular flexibility index (Phi) is 6.43. The SMILES string of the molecule is O=C(O)CCCCN1C(=O)CC(N2C(=O)/C(=C/c3ccc(F)cc3)SC2=S)C1=O. The average molecular weight is 436 g/mol. The van der Waals surface area contributed by atoms with Crippen LogP contribution in [-0.2, 0) is 19.2 Å². The van der Waals surface area contributed by atoms with E-state index in [1.807, 2.05) is 0 Å². The van der Waals surface area contributed by atoms with Crippen LogP contribution in [0, 0.1) is 5.82 Å². The third-order valence-electron chi connectivity index (χ3n) is 4.55. The molecule has 10 heteroatoms. The molecule has 3 rings (SSSR count). The summed E-state index contributed by atoms with van der Waals surface area (Å²) in [6, 6.07) is 4.59. The number of nitrogens with zero attached hydrogens (tertiary/aromatic N) is 2. The molecule has 152 valence electrons. The quantitative estimate of drug-likeness (QED) is 0.304. The molecule has 2 aliphatic heterocycles. The van der Waals surface area contributed by atoms with E-state index in [-0.39, 0.29) is 23.7 Å². The maximum absolute atomic E-state index is 13.0. The van der Waals surface area contributed by atoms with E-state index in [1.54, 1.807) is 6.08 Å². The third-order valence-corrected chi connectivity index (χ3v) is 5.88. The number of carboxylic acids is 1. The molecular formula is C19H17FN2O5S2. The van der Waals surface area contributed by atoms with Crippen LogP contribution in [0.5, 0.6) is 0 Å². The van der Waals surface area contributed by atoms with Gasteiger partial charge in [-0.2, -0.15) is 0 Å². The standard InChI is InChI=1S/C19H17FN2O5S2/c20-12-6-4-11(5-7-12)9-14-18(27)22(19(28)29-14)13-10-15(23)21(17(13)26)8-2-1-3-16(24)25/h4-7,9,13H,1-3,8,10H2,(H,24,25)/b14-9-. The molecule has 3 amide bonds. The highest BCUT2D eigenvalue weighted by Crippen LogP contribution is 2.36. The number of imide groups is 1. The van der Waals surface area contributed by atoms with E-state index >= 15 is 0 Å². The number of rotatable bonds is 7. The first kappa shape index (κ1) is 21.1. The summed E-state index contributed by atoms with van der Waals surface area (Å²) in [6.45, 7) is 0.113. The van der Waals surface area contributed by atoms with Gasteiger partial charge in [0.25, 0.3) is 11.8 Å². The molecule has 0 spiro atoms. The van der Waals surface area contributed by atoms with Gasteiger partial charge in [-0.05, 0) is 36.6 Å². The Bertz CT molecular complexity index is 916. The molecule has 0 aromatic heterocycles. The Hall–Kier alpha value is -2.59. The summed E-state index contributed by atoms with van der Waals surface area (Å²) in [5.41, 5.74) is 0.612. The predicted octanol–water partition coefficient (Wildman–Crippen LogP) is 2.41. The van der Waals surface area contributed by atoms with Gasteiger partial charge in [-0.3, -0.25) is 29.0 Å². The van der Waals surface area contributed by atoms with Crippen LogP contribution in [0.2, 0.25) is 0 Å². The zero-order valence-electron chi connectivity index (χ0n) is 15.2. The first-order valence-electron chi connectivity index (χ1n) is 8.86. The molecule has 0 bridgehead atoms. The van der Waals surface area contributed by atoms with E-state index in [9.17, 15) is 23.6 Å². The van der Waals surface area contributed by atoms with Crippen molar-refractivity contribution < 1.29 is 28.7 Å². The van der Waals surface area contributed by atoms with Crippen molar-refractivity contribution in [2.45, 2.75) is 31.7 Å². The van der Waals surface area contributed by atoms with Gasteiger partial charge in [0.05, 0.1) is 11.3 Å². The van der Waals surface area contributed by atoms with E-state index < -0.39 is 35.5 Å². The van der Waals surface area contributed by atoms with Crippen LogP contribution in [-0.4, -0.2) is 55.5 Å². The zero-order chi connectivity index (χ0) is 21.1. The van der Waals surface area contributed by atoms with Gasteiger partial charge >= 0.3 is 5.97 Å². The number of unbranched alkanes of at least 4 members (excludes halogenated alkanes) is 1. The molecule has 2 aliphatic rings. The number of carboxylic acid groups (broad SMARTS) is 1. The second-order valence-electron chi connectivity index (χ2n) is 6.56. The zero-order valence-corrected chi connectivity index (χ0v) is 16.8. The van der Waals surface area contributed by atoms with Gasteiger partial charge in [-0.1, -0.05) is 36.1 Å². The number of benzene rings is 1. The molecule has 1 aromatic carbocycles. The lowest BCUT2D eigenvalue weighted by molar-refractivity contribution is -0.141. The Morgan fingerprint density at radius 3 is 2.59 bits per heavy atom. The van der Waals surface area contributed by atoms with Crippen LogP contribution in [0.15, 0.2) is 29.2 Å². The van der Waals surface area contributed by atoms with Crippen molar-refractivity contribution >= 4 is 58.1 Å². The molecule has 7 nitrogen and oxygen atoms in total. The Morgan fingerprint density at radius 2 is 1.93 bits per heavy atom. The van der Waals surface area contributed by atoms with Crippen LogP contribution in [0.4, 0.5) is 4.39 Å². The minimum absolute atomic E-state index is 0.0392. The maximum atomic E-state index is 13.0. The predicted molar refractivity (Wildman–Crippen MR) is 108 cm³/mol. The molecule has 1 unspecified atom stereocenters. The van der Waals surface area contributed by atoms with Crippen LogP contribution in [0.25, 0.3) is 6.08 Å². The summed E-state index contributed by atoms with van der Waals surface area (Å²) in [4.78, 5) is 50.8. The Balaban J connectivity index is 1.70. The normalized spacial score (nSPS) is 21.0.